The molecule has 1 unspecified atom stereocenters. The number of halogens is 2. The zero-order chi connectivity index (χ0) is 13.1. The summed E-state index contributed by atoms with van der Waals surface area (Å²) in [7, 11) is 0. The molecule has 0 aliphatic heterocycles. The van der Waals surface area contributed by atoms with Gasteiger partial charge in [-0.1, -0.05) is 11.6 Å². The van der Waals surface area contributed by atoms with Gasteiger partial charge in [-0.05, 0) is 44.2 Å². The fraction of sp³-hybridized carbons (Fsp3) is 0.429. The predicted molar refractivity (Wildman–Crippen MR) is 67.7 cm³/mol. The summed E-state index contributed by atoms with van der Waals surface area (Å²) in [5.41, 5.74) is 4.59. The summed E-state index contributed by atoms with van der Waals surface area (Å²) in [6.07, 6.45) is 6.25. The maximum absolute atomic E-state index is 13.9. The van der Waals surface area contributed by atoms with Gasteiger partial charge in [0.15, 0.2) is 0 Å². The van der Waals surface area contributed by atoms with Crippen LogP contribution in [0.25, 0.3) is 0 Å². The highest BCUT2D eigenvalue weighted by Gasteiger charge is 2.21. The molecule has 1 aromatic carbocycles. The normalized spacial score (nSPS) is 17.4. The molecule has 0 fully saturated rings. The van der Waals surface area contributed by atoms with Crippen molar-refractivity contribution in [2.24, 2.45) is 5.84 Å². The van der Waals surface area contributed by atoms with Gasteiger partial charge < -0.3 is 0 Å². The molecule has 3 N–H and O–H groups in total. The number of hydrogen-bond acceptors (Lipinski definition) is 2. The average molecular weight is 252 g/mol. The van der Waals surface area contributed by atoms with Crippen molar-refractivity contribution in [2.45, 2.75) is 38.6 Å². The monoisotopic (exact) mass is 252 g/mol. The van der Waals surface area contributed by atoms with Gasteiger partial charge in [0.25, 0.3) is 0 Å². The number of hydrogen-bond donors (Lipinski definition) is 2. The topological polar surface area (TPSA) is 38.0 Å². The van der Waals surface area contributed by atoms with Gasteiger partial charge in [0.2, 0.25) is 0 Å². The second-order valence-electron chi connectivity index (χ2n) is 4.75. The fourth-order valence-corrected chi connectivity index (χ4v) is 2.42. The zero-order valence-electron chi connectivity index (χ0n) is 10.5. The third-order valence-corrected chi connectivity index (χ3v) is 3.45. The Kier molecular flexibility index (Phi) is 4.09. The van der Waals surface area contributed by atoms with Gasteiger partial charge in [0, 0.05) is 11.6 Å². The van der Waals surface area contributed by atoms with E-state index in [4.69, 9.17) is 5.84 Å². The van der Waals surface area contributed by atoms with Gasteiger partial charge in [-0.3, -0.25) is 5.84 Å². The molecule has 1 atom stereocenters. The maximum atomic E-state index is 13.9. The van der Waals surface area contributed by atoms with Crippen molar-refractivity contribution in [3.63, 3.8) is 0 Å². The van der Waals surface area contributed by atoms with E-state index in [1.54, 1.807) is 6.92 Å². The molecule has 4 heteroatoms. The Morgan fingerprint density at radius 1 is 1.22 bits per heavy atom. The molecule has 0 amide bonds. The Hall–Kier alpha value is -1.26. The summed E-state index contributed by atoms with van der Waals surface area (Å²) in [5, 5.41) is 0. The van der Waals surface area contributed by atoms with E-state index in [0.29, 0.717) is 11.1 Å². The number of nitrogens with two attached hydrogens (primary N) is 1. The maximum Gasteiger partial charge on any atom is 0.131 e. The molecule has 0 radical (unpaired) electrons. The van der Waals surface area contributed by atoms with Crippen LogP contribution in [0.15, 0.2) is 23.8 Å². The summed E-state index contributed by atoms with van der Waals surface area (Å²) in [5.74, 6) is 4.47. The SMILES string of the molecule is Cc1cc(C(NN)C2=CCCCC2)c(F)cc1F. The number of hydrazine groups is 1. The molecule has 1 aromatic rings. The molecule has 0 saturated heterocycles. The minimum atomic E-state index is -0.549. The van der Waals surface area contributed by atoms with E-state index in [9.17, 15) is 8.78 Å². The lowest BCUT2D eigenvalue weighted by Crippen LogP contribution is -2.30. The summed E-state index contributed by atoms with van der Waals surface area (Å²) < 4.78 is 27.1. The number of nitrogens with one attached hydrogen (secondary N) is 1. The molecular weight excluding hydrogens is 234 g/mol. The van der Waals surface area contributed by atoms with Crippen LogP contribution in [0, 0.1) is 18.6 Å². The van der Waals surface area contributed by atoms with Crippen LogP contribution in [0.1, 0.15) is 42.9 Å². The van der Waals surface area contributed by atoms with Gasteiger partial charge >= 0.3 is 0 Å². The quantitative estimate of drug-likeness (QED) is 0.492. The second-order valence-corrected chi connectivity index (χ2v) is 4.75. The zero-order valence-corrected chi connectivity index (χ0v) is 10.5. The van der Waals surface area contributed by atoms with Crippen LogP contribution in [-0.4, -0.2) is 0 Å². The second kappa shape index (κ2) is 5.59. The van der Waals surface area contributed by atoms with Gasteiger partial charge in [-0.15, -0.1) is 0 Å². The molecule has 98 valence electrons. The highest BCUT2D eigenvalue weighted by atomic mass is 19.1. The molecule has 18 heavy (non-hydrogen) atoms. The number of aryl methyl sites for hydroxylation is 1. The van der Waals surface area contributed by atoms with E-state index in [2.05, 4.69) is 11.5 Å². The van der Waals surface area contributed by atoms with E-state index in [0.717, 1.165) is 37.3 Å². The lowest BCUT2D eigenvalue weighted by molar-refractivity contribution is 0.516. The van der Waals surface area contributed by atoms with Crippen molar-refractivity contribution >= 4 is 0 Å². The summed E-state index contributed by atoms with van der Waals surface area (Å²) >= 11 is 0. The lowest BCUT2D eigenvalue weighted by Gasteiger charge is -2.23. The van der Waals surface area contributed by atoms with Crippen LogP contribution in [0.4, 0.5) is 8.78 Å². The molecule has 0 bridgehead atoms. The van der Waals surface area contributed by atoms with Crippen molar-refractivity contribution in [3.05, 3.63) is 46.5 Å². The van der Waals surface area contributed by atoms with Crippen LogP contribution < -0.4 is 11.3 Å². The number of rotatable bonds is 3. The standard InChI is InChI=1S/C14H18F2N2/c1-9-7-11(13(16)8-12(9)15)14(18-17)10-5-3-2-4-6-10/h5,7-8,14,18H,2-4,6,17H2,1H3. The van der Waals surface area contributed by atoms with E-state index in [-0.39, 0.29) is 6.04 Å². The summed E-state index contributed by atoms with van der Waals surface area (Å²) in [6.45, 7) is 1.63. The van der Waals surface area contributed by atoms with Crippen LogP contribution >= 0.6 is 0 Å². The fourth-order valence-electron chi connectivity index (χ4n) is 2.42. The summed E-state index contributed by atoms with van der Waals surface area (Å²) in [4.78, 5) is 0. The first-order chi connectivity index (χ1) is 8.63. The first-order valence-electron chi connectivity index (χ1n) is 6.24. The molecular formula is C14H18F2N2. The number of allylic oxidation sites excluding steroid dienone is 1. The third-order valence-electron chi connectivity index (χ3n) is 3.45. The van der Waals surface area contributed by atoms with Crippen molar-refractivity contribution in [1.82, 2.24) is 5.43 Å². The molecule has 2 nitrogen and oxygen atoms in total. The molecule has 0 heterocycles. The first-order valence-corrected chi connectivity index (χ1v) is 6.24. The minimum Gasteiger partial charge on any atom is -0.271 e. The molecule has 0 saturated carbocycles. The van der Waals surface area contributed by atoms with Crippen molar-refractivity contribution in [1.29, 1.82) is 0 Å². The lowest BCUT2D eigenvalue weighted by atomic mass is 9.89. The third kappa shape index (κ3) is 2.60. The summed E-state index contributed by atoms with van der Waals surface area (Å²) in [6, 6.07) is 2.10. The van der Waals surface area contributed by atoms with Crippen molar-refractivity contribution < 1.29 is 8.78 Å². The smallest absolute Gasteiger partial charge is 0.131 e. The Morgan fingerprint density at radius 3 is 2.61 bits per heavy atom. The number of benzene rings is 1. The highest BCUT2D eigenvalue weighted by Crippen LogP contribution is 2.31. The predicted octanol–water partition coefficient (Wildman–Crippen LogP) is 3.28. The van der Waals surface area contributed by atoms with Crippen LogP contribution in [0.5, 0.6) is 0 Å². The largest absolute Gasteiger partial charge is 0.271 e. The van der Waals surface area contributed by atoms with Crippen LogP contribution in [0.2, 0.25) is 0 Å². The average Bonchev–Trinajstić information content (AvgIpc) is 2.38. The Balaban J connectivity index is 2.38. The van der Waals surface area contributed by atoms with Crippen molar-refractivity contribution in [2.75, 3.05) is 0 Å². The Morgan fingerprint density at radius 2 is 2.00 bits per heavy atom. The molecule has 0 spiro atoms. The van der Waals surface area contributed by atoms with Gasteiger partial charge in [-0.25, -0.2) is 14.2 Å². The van der Waals surface area contributed by atoms with E-state index in [1.807, 2.05) is 0 Å². The van der Waals surface area contributed by atoms with Crippen LogP contribution in [-0.2, 0) is 0 Å². The molecule has 2 rings (SSSR count). The minimum absolute atomic E-state index is 0.357. The van der Waals surface area contributed by atoms with Crippen molar-refractivity contribution in [3.8, 4) is 0 Å². The molecule has 0 aromatic heterocycles. The Bertz CT molecular complexity index is 469. The van der Waals surface area contributed by atoms with E-state index in [1.165, 1.54) is 6.07 Å². The van der Waals surface area contributed by atoms with Gasteiger partial charge in [0.1, 0.15) is 11.6 Å². The van der Waals surface area contributed by atoms with Gasteiger partial charge in [0.05, 0.1) is 6.04 Å². The molecule has 1 aliphatic rings. The van der Waals surface area contributed by atoms with Gasteiger partial charge in [-0.2, -0.15) is 0 Å². The highest BCUT2D eigenvalue weighted by molar-refractivity contribution is 5.34. The van der Waals surface area contributed by atoms with E-state index >= 15 is 0 Å². The first kappa shape index (κ1) is 13.2. The van der Waals surface area contributed by atoms with Crippen LogP contribution in [0.3, 0.4) is 0 Å². The molecule has 1 aliphatic carbocycles. The Labute approximate surface area is 106 Å². The van der Waals surface area contributed by atoms with E-state index < -0.39 is 11.6 Å².